The lowest BCUT2D eigenvalue weighted by molar-refractivity contribution is 0.463. The van der Waals surface area contributed by atoms with Crippen LogP contribution in [0.1, 0.15) is 18.9 Å². The third-order valence-electron chi connectivity index (χ3n) is 3.65. The zero-order valence-corrected chi connectivity index (χ0v) is 12.1. The highest BCUT2D eigenvalue weighted by Gasteiger charge is 2.27. The number of benzene rings is 1. The molecule has 0 aliphatic carbocycles. The number of hydrogen-bond donors (Lipinski definition) is 1. The van der Waals surface area contributed by atoms with Crippen LogP contribution in [-0.4, -0.2) is 29.5 Å². The molecule has 0 saturated carbocycles. The smallest absolute Gasteiger partial charge is 0.201 e. The molecule has 108 valence electrons. The molecule has 1 fully saturated rings. The van der Waals surface area contributed by atoms with Gasteiger partial charge in [0.25, 0.3) is 0 Å². The lowest BCUT2D eigenvalue weighted by atomic mass is 10.1. The van der Waals surface area contributed by atoms with E-state index >= 15 is 0 Å². The molecule has 20 heavy (non-hydrogen) atoms. The average molecular weight is 318 g/mol. The minimum atomic E-state index is -2.96. The van der Waals surface area contributed by atoms with Crippen molar-refractivity contribution in [3.63, 3.8) is 0 Å². The van der Waals surface area contributed by atoms with E-state index in [1.54, 1.807) is 4.57 Å². The van der Waals surface area contributed by atoms with Gasteiger partial charge in [-0.25, -0.2) is 17.8 Å². The molecule has 0 bridgehead atoms. The summed E-state index contributed by atoms with van der Waals surface area (Å²) in [5.74, 6) is -0.0469. The fourth-order valence-corrected chi connectivity index (χ4v) is 4.25. The first-order valence-electron chi connectivity index (χ1n) is 6.20. The summed E-state index contributed by atoms with van der Waals surface area (Å²) >= 11 is 5.73. The summed E-state index contributed by atoms with van der Waals surface area (Å²) in [6, 6.07) is 2.65. The van der Waals surface area contributed by atoms with E-state index in [1.165, 1.54) is 12.1 Å². The predicted molar refractivity (Wildman–Crippen MR) is 76.0 cm³/mol. The van der Waals surface area contributed by atoms with E-state index in [9.17, 15) is 12.8 Å². The minimum Gasteiger partial charge on any atom is -0.369 e. The lowest BCUT2D eigenvalue weighted by Gasteiger charge is -2.24. The molecule has 1 aromatic carbocycles. The Morgan fingerprint density at radius 2 is 2.00 bits per heavy atom. The van der Waals surface area contributed by atoms with Crippen LogP contribution in [0.25, 0.3) is 11.0 Å². The quantitative estimate of drug-likeness (QED) is 0.874. The number of anilines is 1. The highest BCUT2D eigenvalue weighted by atomic mass is 35.5. The molecule has 0 amide bonds. The second-order valence-electron chi connectivity index (χ2n) is 4.98. The first kappa shape index (κ1) is 13.6. The van der Waals surface area contributed by atoms with Gasteiger partial charge >= 0.3 is 0 Å². The highest BCUT2D eigenvalue weighted by molar-refractivity contribution is 7.91. The van der Waals surface area contributed by atoms with Gasteiger partial charge in [0, 0.05) is 12.1 Å². The molecule has 2 aromatic rings. The van der Waals surface area contributed by atoms with Crippen molar-refractivity contribution in [3.8, 4) is 0 Å². The van der Waals surface area contributed by atoms with Crippen molar-refractivity contribution in [2.75, 3.05) is 17.2 Å². The Labute approximate surface area is 120 Å². The Balaban J connectivity index is 2.08. The van der Waals surface area contributed by atoms with Crippen LogP contribution in [0.15, 0.2) is 12.1 Å². The molecule has 5 nitrogen and oxygen atoms in total. The molecule has 0 radical (unpaired) electrons. The monoisotopic (exact) mass is 317 g/mol. The number of nitrogen functional groups attached to an aromatic ring is 1. The van der Waals surface area contributed by atoms with E-state index in [2.05, 4.69) is 4.98 Å². The van der Waals surface area contributed by atoms with E-state index in [0.717, 1.165) is 0 Å². The molecule has 2 heterocycles. The Kier molecular flexibility index (Phi) is 3.13. The molecular formula is C12H13ClFN3O2S. The second kappa shape index (κ2) is 4.60. The van der Waals surface area contributed by atoms with Crippen molar-refractivity contribution >= 4 is 38.4 Å². The van der Waals surface area contributed by atoms with E-state index in [4.69, 9.17) is 17.3 Å². The lowest BCUT2D eigenvalue weighted by Crippen LogP contribution is -2.26. The summed E-state index contributed by atoms with van der Waals surface area (Å²) in [5.41, 5.74) is 6.95. The van der Waals surface area contributed by atoms with Gasteiger partial charge < -0.3 is 10.3 Å². The van der Waals surface area contributed by atoms with Crippen LogP contribution in [0, 0.1) is 5.82 Å². The standard InChI is InChI=1S/C12H13ClFN3O2S/c13-8-5-10-11(6-9(8)14)17(12(15)16-10)7-1-3-20(18,19)4-2-7/h5-7H,1-4H2,(H2,15,16). The number of fused-ring (bicyclic) bond motifs is 1. The Hall–Kier alpha value is -1.34. The number of imidazole rings is 1. The molecule has 2 N–H and O–H groups in total. The van der Waals surface area contributed by atoms with Crippen molar-refractivity contribution in [3.05, 3.63) is 23.0 Å². The Bertz CT molecular complexity index is 774. The number of hydrogen-bond acceptors (Lipinski definition) is 4. The van der Waals surface area contributed by atoms with Gasteiger partial charge in [0.05, 0.1) is 27.6 Å². The zero-order chi connectivity index (χ0) is 14.5. The second-order valence-corrected chi connectivity index (χ2v) is 7.69. The molecular weight excluding hydrogens is 305 g/mol. The van der Waals surface area contributed by atoms with Crippen LogP contribution in [0.2, 0.25) is 5.02 Å². The maximum Gasteiger partial charge on any atom is 0.201 e. The SMILES string of the molecule is Nc1nc2cc(Cl)c(F)cc2n1C1CCS(=O)(=O)CC1. The van der Waals surface area contributed by atoms with Crippen LogP contribution in [0.4, 0.5) is 10.3 Å². The van der Waals surface area contributed by atoms with Crippen molar-refractivity contribution in [1.29, 1.82) is 0 Å². The van der Waals surface area contributed by atoms with Crippen molar-refractivity contribution in [2.45, 2.75) is 18.9 Å². The van der Waals surface area contributed by atoms with Gasteiger partial charge in [-0.2, -0.15) is 0 Å². The first-order chi connectivity index (χ1) is 9.37. The van der Waals surface area contributed by atoms with Gasteiger partial charge in [-0.3, -0.25) is 0 Å². The van der Waals surface area contributed by atoms with Gasteiger partial charge in [-0.15, -0.1) is 0 Å². The van der Waals surface area contributed by atoms with Crippen LogP contribution in [-0.2, 0) is 9.84 Å². The topological polar surface area (TPSA) is 78.0 Å². The molecule has 1 aromatic heterocycles. The zero-order valence-electron chi connectivity index (χ0n) is 10.5. The van der Waals surface area contributed by atoms with E-state index < -0.39 is 15.7 Å². The number of nitrogens with zero attached hydrogens (tertiary/aromatic N) is 2. The molecule has 0 atom stereocenters. The maximum absolute atomic E-state index is 13.6. The number of nitrogens with two attached hydrogens (primary N) is 1. The summed E-state index contributed by atoms with van der Waals surface area (Å²) in [4.78, 5) is 4.17. The van der Waals surface area contributed by atoms with Gasteiger partial charge in [0.2, 0.25) is 5.95 Å². The number of halogens is 2. The van der Waals surface area contributed by atoms with Crippen molar-refractivity contribution in [2.24, 2.45) is 0 Å². The molecule has 0 spiro atoms. The summed E-state index contributed by atoms with van der Waals surface area (Å²) in [7, 11) is -2.96. The van der Waals surface area contributed by atoms with Crippen molar-refractivity contribution in [1.82, 2.24) is 9.55 Å². The van der Waals surface area contributed by atoms with Crippen LogP contribution in [0.5, 0.6) is 0 Å². The van der Waals surface area contributed by atoms with Crippen LogP contribution < -0.4 is 5.73 Å². The van der Waals surface area contributed by atoms with Crippen LogP contribution in [0.3, 0.4) is 0 Å². The first-order valence-corrected chi connectivity index (χ1v) is 8.40. The average Bonchev–Trinajstić information content (AvgIpc) is 2.66. The fourth-order valence-electron chi connectivity index (χ4n) is 2.63. The Morgan fingerprint density at radius 3 is 2.65 bits per heavy atom. The van der Waals surface area contributed by atoms with Gasteiger partial charge in [0.1, 0.15) is 15.7 Å². The van der Waals surface area contributed by atoms with E-state index in [-0.39, 0.29) is 28.5 Å². The van der Waals surface area contributed by atoms with E-state index in [1.807, 2.05) is 0 Å². The number of sulfone groups is 1. The number of aromatic nitrogens is 2. The number of rotatable bonds is 1. The normalized spacial score (nSPS) is 19.5. The fraction of sp³-hybridized carbons (Fsp3) is 0.417. The molecule has 0 unspecified atom stereocenters. The van der Waals surface area contributed by atoms with Gasteiger partial charge in [-0.1, -0.05) is 11.6 Å². The third-order valence-corrected chi connectivity index (χ3v) is 5.65. The summed E-state index contributed by atoms with van der Waals surface area (Å²) in [5, 5.41) is -0.00614. The van der Waals surface area contributed by atoms with E-state index in [0.29, 0.717) is 23.9 Å². The van der Waals surface area contributed by atoms with Crippen LogP contribution >= 0.6 is 11.6 Å². The van der Waals surface area contributed by atoms with Gasteiger partial charge in [-0.05, 0) is 18.9 Å². The molecule has 8 heteroatoms. The maximum atomic E-state index is 13.6. The molecule has 1 aliphatic heterocycles. The van der Waals surface area contributed by atoms with Crippen molar-refractivity contribution < 1.29 is 12.8 Å². The predicted octanol–water partition coefficient (Wildman–Crippen LogP) is 2.16. The molecule has 1 saturated heterocycles. The minimum absolute atomic E-state index is 0.00614. The molecule has 3 rings (SSSR count). The largest absolute Gasteiger partial charge is 0.369 e. The Morgan fingerprint density at radius 1 is 1.35 bits per heavy atom. The van der Waals surface area contributed by atoms with Gasteiger partial charge in [0.15, 0.2) is 0 Å². The summed E-state index contributed by atoms with van der Waals surface area (Å²) in [6.45, 7) is 0. The summed E-state index contributed by atoms with van der Waals surface area (Å²) in [6.07, 6.45) is 0.921. The molecule has 1 aliphatic rings. The highest BCUT2D eigenvalue weighted by Crippen LogP contribution is 2.32. The summed E-state index contributed by atoms with van der Waals surface area (Å²) < 4.78 is 38.3. The third kappa shape index (κ3) is 2.25.